The molecule has 0 bridgehead atoms. The van der Waals surface area contributed by atoms with Crippen LogP contribution < -0.4 is 11.5 Å². The van der Waals surface area contributed by atoms with E-state index < -0.39 is 35.2 Å². The Balaban J connectivity index is 4.98. The summed E-state index contributed by atoms with van der Waals surface area (Å²) < 4.78 is 0. The van der Waals surface area contributed by atoms with E-state index in [0.29, 0.717) is 6.42 Å². The molecule has 0 spiro atoms. The van der Waals surface area contributed by atoms with Crippen molar-refractivity contribution in [2.45, 2.75) is 44.7 Å². The van der Waals surface area contributed by atoms with Crippen LogP contribution in [0.1, 0.15) is 33.1 Å². The van der Waals surface area contributed by atoms with Crippen LogP contribution in [0.25, 0.3) is 0 Å². The lowest BCUT2D eigenvalue weighted by Crippen LogP contribution is -2.63. The molecule has 3 atom stereocenters. The number of ketones is 1. The van der Waals surface area contributed by atoms with Gasteiger partial charge in [-0.25, -0.2) is 4.79 Å². The predicted octanol–water partition coefficient (Wildman–Crippen LogP) is -0.424. The van der Waals surface area contributed by atoms with Gasteiger partial charge >= 0.3 is 11.9 Å². The first-order chi connectivity index (χ1) is 8.17. The molecule has 104 valence electrons. The van der Waals surface area contributed by atoms with Gasteiger partial charge in [0.2, 0.25) is 0 Å². The highest BCUT2D eigenvalue weighted by molar-refractivity contribution is 6.10. The fourth-order valence-electron chi connectivity index (χ4n) is 1.60. The van der Waals surface area contributed by atoms with Gasteiger partial charge in [-0.2, -0.15) is 0 Å². The second-order valence-electron chi connectivity index (χ2n) is 4.39. The number of carboxylic acid groups (broad SMARTS) is 2. The number of hydrogen-bond acceptors (Lipinski definition) is 5. The molecule has 0 radical (unpaired) electrons. The minimum atomic E-state index is -2.06. The van der Waals surface area contributed by atoms with Gasteiger partial charge in [-0.1, -0.05) is 20.3 Å². The van der Waals surface area contributed by atoms with Crippen LogP contribution in [0.15, 0.2) is 0 Å². The van der Waals surface area contributed by atoms with Crippen molar-refractivity contribution in [3.8, 4) is 0 Å². The number of carbonyl (C=O) groups excluding carboxylic acids is 1. The number of nitrogens with two attached hydrogens (primary N) is 2. The molecule has 18 heavy (non-hydrogen) atoms. The van der Waals surface area contributed by atoms with Crippen LogP contribution in [0.5, 0.6) is 0 Å². The van der Waals surface area contributed by atoms with Gasteiger partial charge in [0.25, 0.3) is 0 Å². The molecule has 0 heterocycles. The van der Waals surface area contributed by atoms with Crippen molar-refractivity contribution in [1.82, 2.24) is 0 Å². The molecule has 0 aromatic heterocycles. The smallest absolute Gasteiger partial charge is 0.331 e. The summed E-state index contributed by atoms with van der Waals surface area (Å²) >= 11 is 0. The quantitative estimate of drug-likeness (QED) is 0.433. The van der Waals surface area contributed by atoms with Gasteiger partial charge in [-0.3, -0.25) is 9.59 Å². The molecule has 0 aromatic carbocycles. The normalized spacial score (nSPS) is 17.6. The molecule has 0 aliphatic heterocycles. The van der Waals surface area contributed by atoms with E-state index in [1.807, 2.05) is 0 Å². The average molecular weight is 260 g/mol. The minimum absolute atomic E-state index is 0.128. The molecule has 6 N–H and O–H groups in total. The van der Waals surface area contributed by atoms with Crippen molar-refractivity contribution >= 4 is 17.7 Å². The van der Waals surface area contributed by atoms with E-state index in [9.17, 15) is 14.4 Å². The molecular formula is C11H20N2O5. The van der Waals surface area contributed by atoms with Crippen molar-refractivity contribution in [3.05, 3.63) is 0 Å². The predicted molar refractivity (Wildman–Crippen MR) is 63.9 cm³/mol. The molecule has 0 saturated carbocycles. The minimum Gasteiger partial charge on any atom is -0.481 e. The average Bonchev–Trinajstić information content (AvgIpc) is 2.32. The van der Waals surface area contributed by atoms with Crippen LogP contribution in [-0.2, 0) is 14.4 Å². The molecule has 0 saturated heterocycles. The number of carboxylic acids is 2. The summed E-state index contributed by atoms with van der Waals surface area (Å²) in [6.07, 6.45) is -0.0276. The summed E-state index contributed by atoms with van der Waals surface area (Å²) in [7, 11) is 0. The van der Waals surface area contributed by atoms with Crippen molar-refractivity contribution < 1.29 is 24.6 Å². The molecule has 0 aliphatic carbocycles. The van der Waals surface area contributed by atoms with Gasteiger partial charge in [0.15, 0.2) is 11.3 Å². The molecule has 0 aromatic rings. The zero-order chi connectivity index (χ0) is 14.5. The third-order valence-electron chi connectivity index (χ3n) is 3.16. The lowest BCUT2D eigenvalue weighted by atomic mass is 9.77. The number of aliphatic carboxylic acids is 2. The first kappa shape index (κ1) is 16.5. The molecular weight excluding hydrogens is 240 g/mol. The van der Waals surface area contributed by atoms with Crippen LogP contribution in [0.3, 0.4) is 0 Å². The molecule has 0 fully saturated rings. The maximum absolute atomic E-state index is 12.0. The topological polar surface area (TPSA) is 144 Å². The van der Waals surface area contributed by atoms with Crippen LogP contribution in [-0.4, -0.2) is 39.5 Å². The summed E-state index contributed by atoms with van der Waals surface area (Å²) in [6, 6.07) is -1.18. The summed E-state index contributed by atoms with van der Waals surface area (Å²) in [4.78, 5) is 33.6. The highest BCUT2D eigenvalue weighted by atomic mass is 16.4. The maximum Gasteiger partial charge on any atom is 0.331 e. The molecule has 0 aliphatic rings. The summed E-state index contributed by atoms with van der Waals surface area (Å²) in [5, 5.41) is 17.6. The molecule has 7 nitrogen and oxygen atoms in total. The number of Topliss-reactive ketones (excluding diaryl/α,β-unsaturated/α-hetero) is 1. The summed E-state index contributed by atoms with van der Waals surface area (Å²) in [5.74, 6) is -3.95. The van der Waals surface area contributed by atoms with Crippen molar-refractivity contribution in [2.75, 3.05) is 0 Å². The Kier molecular flexibility index (Phi) is 5.93. The van der Waals surface area contributed by atoms with E-state index in [2.05, 4.69) is 0 Å². The highest BCUT2D eigenvalue weighted by Crippen LogP contribution is 2.21. The Hall–Kier alpha value is -1.47. The third kappa shape index (κ3) is 3.51. The van der Waals surface area contributed by atoms with Gasteiger partial charge in [-0.05, 0) is 12.3 Å². The van der Waals surface area contributed by atoms with Gasteiger partial charge < -0.3 is 21.7 Å². The zero-order valence-corrected chi connectivity index (χ0v) is 10.5. The number of carbonyl (C=O) groups is 3. The van der Waals surface area contributed by atoms with Crippen LogP contribution in [0.2, 0.25) is 0 Å². The van der Waals surface area contributed by atoms with E-state index in [4.69, 9.17) is 21.7 Å². The van der Waals surface area contributed by atoms with E-state index in [1.54, 1.807) is 13.8 Å². The van der Waals surface area contributed by atoms with Gasteiger partial charge in [0, 0.05) is 6.42 Å². The Bertz CT molecular complexity index is 344. The van der Waals surface area contributed by atoms with Crippen molar-refractivity contribution in [2.24, 2.45) is 17.4 Å². The highest BCUT2D eigenvalue weighted by Gasteiger charge is 2.48. The fraction of sp³-hybridized carbons (Fsp3) is 0.727. The summed E-state index contributed by atoms with van der Waals surface area (Å²) in [6.45, 7) is 3.27. The van der Waals surface area contributed by atoms with E-state index in [-0.39, 0.29) is 12.8 Å². The van der Waals surface area contributed by atoms with Crippen LogP contribution in [0, 0.1) is 5.92 Å². The van der Waals surface area contributed by atoms with E-state index in [1.165, 1.54) is 0 Å². The van der Waals surface area contributed by atoms with Crippen LogP contribution >= 0.6 is 0 Å². The fourth-order valence-corrected chi connectivity index (χ4v) is 1.60. The zero-order valence-electron chi connectivity index (χ0n) is 10.5. The largest absolute Gasteiger partial charge is 0.481 e. The van der Waals surface area contributed by atoms with Gasteiger partial charge in [0.05, 0.1) is 6.04 Å². The Labute approximate surface area is 105 Å². The SMILES string of the molecule is CC[C@H](C)[C@](N)(C(=O)O)C(=O)[C@@H](N)CCC(=O)O. The number of rotatable bonds is 8. The Morgan fingerprint density at radius 3 is 2.11 bits per heavy atom. The maximum atomic E-state index is 12.0. The standard InChI is InChI=1S/C11H20N2O5/c1-3-6(2)11(13,10(17)18)9(16)7(12)4-5-8(14)15/h6-7H,3-5,12-13H2,1-2H3,(H,14,15)(H,17,18)/t6-,7-,11+/m0/s1. The third-order valence-corrected chi connectivity index (χ3v) is 3.16. The lowest BCUT2D eigenvalue weighted by Gasteiger charge is -2.31. The first-order valence-corrected chi connectivity index (χ1v) is 5.71. The van der Waals surface area contributed by atoms with E-state index in [0.717, 1.165) is 0 Å². The Morgan fingerprint density at radius 2 is 1.78 bits per heavy atom. The van der Waals surface area contributed by atoms with Crippen molar-refractivity contribution in [1.29, 1.82) is 0 Å². The first-order valence-electron chi connectivity index (χ1n) is 5.71. The molecule has 7 heteroatoms. The second kappa shape index (κ2) is 6.46. The van der Waals surface area contributed by atoms with Crippen LogP contribution in [0.4, 0.5) is 0 Å². The molecule has 0 amide bonds. The lowest BCUT2D eigenvalue weighted by molar-refractivity contribution is -0.151. The monoisotopic (exact) mass is 260 g/mol. The van der Waals surface area contributed by atoms with E-state index >= 15 is 0 Å². The van der Waals surface area contributed by atoms with Gasteiger partial charge in [-0.15, -0.1) is 0 Å². The molecule has 0 unspecified atom stereocenters. The van der Waals surface area contributed by atoms with Crippen molar-refractivity contribution in [3.63, 3.8) is 0 Å². The molecule has 0 rings (SSSR count). The second-order valence-corrected chi connectivity index (χ2v) is 4.39. The van der Waals surface area contributed by atoms with Gasteiger partial charge in [0.1, 0.15) is 0 Å². The Morgan fingerprint density at radius 1 is 1.28 bits per heavy atom. The number of hydrogen-bond donors (Lipinski definition) is 4. The summed E-state index contributed by atoms with van der Waals surface area (Å²) in [5.41, 5.74) is 9.13.